The van der Waals surface area contributed by atoms with Crippen LogP contribution in [0.15, 0.2) is 33.5 Å². The van der Waals surface area contributed by atoms with Gasteiger partial charge in [0, 0.05) is 4.90 Å². The van der Waals surface area contributed by atoms with Gasteiger partial charge in [-0.05, 0) is 24.3 Å². The van der Waals surface area contributed by atoms with Gasteiger partial charge >= 0.3 is 0 Å². The number of rotatable bonds is 2. The molecular weight excluding hydrogens is 221 g/mol. The highest BCUT2D eigenvalue weighted by Crippen LogP contribution is 2.30. The quantitative estimate of drug-likeness (QED) is 0.856. The third kappa shape index (κ3) is 2.21. The van der Waals surface area contributed by atoms with Crippen molar-refractivity contribution in [3.8, 4) is 0 Å². The molecule has 0 fully saturated rings. The molecule has 3 nitrogen and oxygen atoms in total. The Kier molecular flexibility index (Phi) is 2.64. The van der Waals surface area contributed by atoms with Crippen LogP contribution in [-0.2, 0) is 0 Å². The molecule has 0 radical (unpaired) electrons. The average molecular weight is 227 g/mol. The lowest BCUT2D eigenvalue weighted by Gasteiger charge is -1.95. The minimum atomic E-state index is -0.244. The van der Waals surface area contributed by atoms with Crippen molar-refractivity contribution >= 4 is 28.2 Å². The number of nitrogens with zero attached hydrogens (tertiary/aromatic N) is 2. The molecule has 0 saturated heterocycles. The molecule has 2 rings (SSSR count). The van der Waals surface area contributed by atoms with Crippen LogP contribution < -0.4 is 5.73 Å². The molecule has 0 saturated carbocycles. The maximum atomic E-state index is 12.6. The molecule has 0 aliphatic carbocycles. The van der Waals surface area contributed by atoms with Gasteiger partial charge in [0.1, 0.15) is 5.82 Å². The van der Waals surface area contributed by atoms with Gasteiger partial charge < -0.3 is 5.73 Å². The van der Waals surface area contributed by atoms with Crippen molar-refractivity contribution in [1.82, 2.24) is 10.2 Å². The summed E-state index contributed by atoms with van der Waals surface area (Å²) < 4.78 is 13.3. The Morgan fingerprint density at radius 3 is 2.50 bits per heavy atom. The summed E-state index contributed by atoms with van der Waals surface area (Å²) in [7, 11) is 0. The molecule has 0 aliphatic rings. The van der Waals surface area contributed by atoms with E-state index in [1.165, 1.54) is 35.2 Å². The molecule has 0 unspecified atom stereocenters. The predicted molar refractivity (Wildman–Crippen MR) is 54.8 cm³/mol. The van der Waals surface area contributed by atoms with Crippen molar-refractivity contribution in [2.45, 2.75) is 9.24 Å². The molecule has 0 atom stereocenters. The Morgan fingerprint density at radius 1 is 1.21 bits per heavy atom. The first-order chi connectivity index (χ1) is 6.74. The van der Waals surface area contributed by atoms with Crippen LogP contribution in [0.1, 0.15) is 0 Å². The molecule has 0 amide bonds. The van der Waals surface area contributed by atoms with E-state index < -0.39 is 0 Å². The summed E-state index contributed by atoms with van der Waals surface area (Å²) in [6.07, 6.45) is 0. The monoisotopic (exact) mass is 227 g/mol. The first-order valence-corrected chi connectivity index (χ1v) is 5.40. The summed E-state index contributed by atoms with van der Waals surface area (Å²) in [5.41, 5.74) is 5.43. The van der Waals surface area contributed by atoms with Gasteiger partial charge in [-0.15, -0.1) is 10.2 Å². The van der Waals surface area contributed by atoms with Crippen LogP contribution in [0.5, 0.6) is 0 Å². The second kappa shape index (κ2) is 3.93. The van der Waals surface area contributed by atoms with Crippen LogP contribution in [-0.4, -0.2) is 10.2 Å². The molecule has 0 spiro atoms. The lowest BCUT2D eigenvalue weighted by atomic mass is 10.4. The Hall–Kier alpha value is -1.14. The number of hydrogen-bond acceptors (Lipinski definition) is 5. The summed E-state index contributed by atoms with van der Waals surface area (Å²) in [6.45, 7) is 0. The molecule has 0 aliphatic heterocycles. The molecule has 1 heterocycles. The van der Waals surface area contributed by atoms with Gasteiger partial charge in [0.15, 0.2) is 4.34 Å². The van der Waals surface area contributed by atoms with Crippen molar-refractivity contribution in [3.05, 3.63) is 30.1 Å². The number of anilines is 1. The number of hydrogen-bond donors (Lipinski definition) is 1. The van der Waals surface area contributed by atoms with Gasteiger partial charge in [0.2, 0.25) is 5.13 Å². The fraction of sp³-hybridized carbons (Fsp3) is 0. The number of aromatic nitrogens is 2. The van der Waals surface area contributed by atoms with Gasteiger partial charge in [0.25, 0.3) is 0 Å². The second-order valence-electron chi connectivity index (χ2n) is 2.46. The van der Waals surface area contributed by atoms with E-state index in [0.717, 1.165) is 9.24 Å². The molecule has 2 aromatic rings. The van der Waals surface area contributed by atoms with E-state index in [0.29, 0.717) is 5.13 Å². The summed E-state index contributed by atoms with van der Waals surface area (Å²) in [4.78, 5) is 0.919. The van der Waals surface area contributed by atoms with E-state index in [-0.39, 0.29) is 5.82 Å². The maximum absolute atomic E-state index is 12.6. The minimum Gasteiger partial charge on any atom is -0.374 e. The van der Waals surface area contributed by atoms with Crippen molar-refractivity contribution in [3.63, 3.8) is 0 Å². The Bertz CT molecular complexity index is 426. The van der Waals surface area contributed by atoms with E-state index in [9.17, 15) is 4.39 Å². The first-order valence-electron chi connectivity index (χ1n) is 3.76. The zero-order chi connectivity index (χ0) is 9.97. The lowest BCUT2D eigenvalue weighted by molar-refractivity contribution is 0.626. The molecule has 6 heteroatoms. The third-order valence-electron chi connectivity index (χ3n) is 1.44. The Morgan fingerprint density at radius 2 is 1.93 bits per heavy atom. The summed E-state index contributed by atoms with van der Waals surface area (Å²) >= 11 is 2.73. The van der Waals surface area contributed by atoms with Crippen LogP contribution in [0, 0.1) is 5.82 Å². The fourth-order valence-corrected chi connectivity index (χ4v) is 2.47. The standard InChI is InChI=1S/C8H6FN3S2/c9-5-1-3-6(4-2-5)13-8-12-11-7(10)14-8/h1-4H,(H2,10,11). The van der Waals surface area contributed by atoms with E-state index in [4.69, 9.17) is 5.73 Å². The number of benzene rings is 1. The topological polar surface area (TPSA) is 51.8 Å². The van der Waals surface area contributed by atoms with Gasteiger partial charge in [-0.3, -0.25) is 0 Å². The first kappa shape index (κ1) is 9.42. The molecule has 0 bridgehead atoms. The number of nitrogen functional groups attached to an aromatic ring is 1. The maximum Gasteiger partial charge on any atom is 0.203 e. The van der Waals surface area contributed by atoms with E-state index in [1.54, 1.807) is 12.1 Å². The van der Waals surface area contributed by atoms with Gasteiger partial charge in [-0.2, -0.15) is 0 Å². The van der Waals surface area contributed by atoms with E-state index >= 15 is 0 Å². The predicted octanol–water partition coefficient (Wildman–Crippen LogP) is 2.41. The van der Waals surface area contributed by atoms with E-state index in [2.05, 4.69) is 10.2 Å². The SMILES string of the molecule is Nc1nnc(Sc2ccc(F)cc2)s1. The molecule has 14 heavy (non-hydrogen) atoms. The second-order valence-corrected chi connectivity index (χ2v) is 4.79. The number of halogens is 1. The van der Waals surface area contributed by atoms with E-state index in [1.807, 2.05) is 0 Å². The summed E-state index contributed by atoms with van der Waals surface area (Å²) in [6, 6.07) is 6.20. The normalized spacial score (nSPS) is 10.4. The van der Waals surface area contributed by atoms with Crippen LogP contribution in [0.25, 0.3) is 0 Å². The largest absolute Gasteiger partial charge is 0.374 e. The highest BCUT2D eigenvalue weighted by molar-refractivity contribution is 8.01. The van der Waals surface area contributed by atoms with Crippen LogP contribution >= 0.6 is 23.1 Å². The highest BCUT2D eigenvalue weighted by atomic mass is 32.2. The molecule has 1 aromatic carbocycles. The Labute approximate surface area is 88.2 Å². The van der Waals surface area contributed by atoms with Crippen LogP contribution in [0.4, 0.5) is 9.52 Å². The van der Waals surface area contributed by atoms with Crippen molar-refractivity contribution < 1.29 is 4.39 Å². The van der Waals surface area contributed by atoms with Crippen molar-refractivity contribution in [2.24, 2.45) is 0 Å². The van der Waals surface area contributed by atoms with Gasteiger partial charge in [0.05, 0.1) is 0 Å². The van der Waals surface area contributed by atoms with Gasteiger partial charge in [-0.1, -0.05) is 23.1 Å². The number of nitrogens with two attached hydrogens (primary N) is 1. The fourth-order valence-electron chi connectivity index (χ4n) is 0.865. The van der Waals surface area contributed by atoms with Crippen molar-refractivity contribution in [1.29, 1.82) is 0 Å². The Balaban J connectivity index is 2.15. The lowest BCUT2D eigenvalue weighted by Crippen LogP contribution is -1.79. The highest BCUT2D eigenvalue weighted by Gasteiger charge is 2.03. The van der Waals surface area contributed by atoms with Crippen molar-refractivity contribution in [2.75, 3.05) is 5.73 Å². The third-order valence-corrected chi connectivity index (χ3v) is 3.25. The summed E-state index contributed by atoms with van der Waals surface area (Å²) in [5, 5.41) is 7.97. The zero-order valence-corrected chi connectivity index (χ0v) is 8.61. The van der Waals surface area contributed by atoms with Crippen LogP contribution in [0.2, 0.25) is 0 Å². The molecule has 72 valence electrons. The average Bonchev–Trinajstić information content (AvgIpc) is 2.56. The summed E-state index contributed by atoms with van der Waals surface area (Å²) in [5.74, 6) is -0.244. The molecule has 2 N–H and O–H groups in total. The zero-order valence-electron chi connectivity index (χ0n) is 6.98. The molecular formula is C8H6FN3S2. The smallest absolute Gasteiger partial charge is 0.203 e. The van der Waals surface area contributed by atoms with Gasteiger partial charge in [-0.25, -0.2) is 4.39 Å². The molecule has 1 aromatic heterocycles. The minimum absolute atomic E-state index is 0.244. The van der Waals surface area contributed by atoms with Crippen LogP contribution in [0.3, 0.4) is 0 Å².